The molecule has 1 aliphatic carbocycles. The number of furan rings is 1. The Kier molecular flexibility index (Phi) is 3.11. The normalized spacial score (nSPS) is 16.1. The van der Waals surface area contributed by atoms with Gasteiger partial charge in [-0.3, -0.25) is 0 Å². The van der Waals surface area contributed by atoms with Gasteiger partial charge in [0.05, 0.1) is 0 Å². The highest BCUT2D eigenvalue weighted by molar-refractivity contribution is 7.90. The van der Waals surface area contributed by atoms with Crippen LogP contribution in [-0.2, 0) is 9.84 Å². The molecule has 4 nitrogen and oxygen atoms in total. The molecule has 1 N–H and O–H groups in total. The summed E-state index contributed by atoms with van der Waals surface area (Å²) < 4.78 is 27.2. The monoisotopic (exact) mass is 237 g/mol. The summed E-state index contributed by atoms with van der Waals surface area (Å²) in [5.74, 6) is 0.544. The molecule has 2 rings (SSSR count). The van der Waals surface area contributed by atoms with Crippen molar-refractivity contribution in [2.24, 2.45) is 0 Å². The molecule has 1 heterocycles. The maximum Gasteiger partial charge on any atom is 0.220 e. The van der Waals surface area contributed by atoms with Crippen molar-refractivity contribution < 1.29 is 12.8 Å². The molecule has 14 heavy (non-hydrogen) atoms. The van der Waals surface area contributed by atoms with Crippen LogP contribution in [0.4, 0.5) is 5.88 Å². The molecule has 0 saturated heterocycles. The van der Waals surface area contributed by atoms with Crippen LogP contribution in [0.3, 0.4) is 0 Å². The van der Waals surface area contributed by atoms with Gasteiger partial charge in [0, 0.05) is 18.4 Å². The van der Waals surface area contributed by atoms with E-state index in [4.69, 9.17) is 4.42 Å². The third-order valence-corrected chi connectivity index (χ3v) is 2.82. The summed E-state index contributed by atoms with van der Waals surface area (Å²) in [5.41, 5.74) is 0. The number of halogens is 1. The minimum atomic E-state index is -3.20. The van der Waals surface area contributed by atoms with Gasteiger partial charge in [-0.25, -0.2) is 8.42 Å². The fourth-order valence-electron chi connectivity index (χ4n) is 1.03. The van der Waals surface area contributed by atoms with E-state index in [-0.39, 0.29) is 17.5 Å². The van der Waals surface area contributed by atoms with Crippen LogP contribution in [0.1, 0.15) is 12.8 Å². The first-order chi connectivity index (χ1) is 6.05. The van der Waals surface area contributed by atoms with Gasteiger partial charge in [0.1, 0.15) is 0 Å². The average molecular weight is 238 g/mol. The van der Waals surface area contributed by atoms with Crippen molar-refractivity contribution in [3.05, 3.63) is 12.1 Å². The topological polar surface area (TPSA) is 59.3 Å². The standard InChI is InChI=1S/C8H11NO3S.ClH/c1-13(10,11)8-5-4-7(12-8)9-6-2-3-6;/h4-6,9H,2-3H2,1H3;1H. The summed E-state index contributed by atoms with van der Waals surface area (Å²) in [6, 6.07) is 3.59. The van der Waals surface area contributed by atoms with Gasteiger partial charge in [-0.05, 0) is 18.9 Å². The number of sulfone groups is 1. The lowest BCUT2D eigenvalue weighted by Crippen LogP contribution is -1.99. The highest BCUT2D eigenvalue weighted by Gasteiger charge is 2.22. The molecule has 0 atom stereocenters. The average Bonchev–Trinajstić information content (AvgIpc) is 2.63. The van der Waals surface area contributed by atoms with E-state index in [1.165, 1.54) is 6.07 Å². The minimum Gasteiger partial charge on any atom is -0.429 e. The molecule has 0 bridgehead atoms. The number of hydrogen-bond acceptors (Lipinski definition) is 4. The Morgan fingerprint density at radius 1 is 1.43 bits per heavy atom. The summed E-state index contributed by atoms with van der Waals surface area (Å²) in [4.78, 5) is 0. The Balaban J connectivity index is 0.000000980. The van der Waals surface area contributed by atoms with Crippen LogP contribution in [0, 0.1) is 0 Å². The molecule has 0 aliphatic heterocycles. The third-order valence-electron chi connectivity index (χ3n) is 1.87. The van der Waals surface area contributed by atoms with Crippen molar-refractivity contribution in [1.82, 2.24) is 0 Å². The second-order valence-corrected chi connectivity index (χ2v) is 5.26. The highest BCUT2D eigenvalue weighted by Crippen LogP contribution is 2.26. The molecule has 1 aliphatic rings. The molecule has 1 fully saturated rings. The van der Waals surface area contributed by atoms with Gasteiger partial charge in [0.2, 0.25) is 14.9 Å². The number of hydrogen-bond donors (Lipinski definition) is 1. The molecule has 1 aromatic heterocycles. The predicted octanol–water partition coefficient (Wildman–Crippen LogP) is 1.68. The molecule has 6 heteroatoms. The molecule has 0 spiro atoms. The first-order valence-corrected chi connectivity index (χ1v) is 6.01. The van der Waals surface area contributed by atoms with Gasteiger partial charge in [-0.1, -0.05) is 0 Å². The first-order valence-electron chi connectivity index (χ1n) is 4.12. The van der Waals surface area contributed by atoms with E-state index in [9.17, 15) is 8.42 Å². The minimum absolute atomic E-state index is 0. The van der Waals surface area contributed by atoms with Crippen LogP contribution in [-0.4, -0.2) is 20.7 Å². The van der Waals surface area contributed by atoms with Gasteiger partial charge >= 0.3 is 0 Å². The van der Waals surface area contributed by atoms with Crippen LogP contribution < -0.4 is 5.32 Å². The van der Waals surface area contributed by atoms with Gasteiger partial charge in [-0.15, -0.1) is 12.4 Å². The smallest absolute Gasteiger partial charge is 0.220 e. The molecule has 0 amide bonds. The Bertz CT molecular complexity index is 408. The molecule has 1 saturated carbocycles. The van der Waals surface area contributed by atoms with Crippen molar-refractivity contribution in [3.8, 4) is 0 Å². The highest BCUT2D eigenvalue weighted by atomic mass is 35.5. The van der Waals surface area contributed by atoms with Crippen molar-refractivity contribution >= 4 is 28.1 Å². The molecule has 80 valence electrons. The number of rotatable bonds is 3. The Morgan fingerprint density at radius 2 is 2.07 bits per heavy atom. The summed E-state index contributed by atoms with van der Waals surface area (Å²) in [5, 5.41) is 3.10. The zero-order valence-corrected chi connectivity index (χ0v) is 9.32. The van der Waals surface area contributed by atoms with E-state index < -0.39 is 9.84 Å². The molecule has 0 unspecified atom stereocenters. The largest absolute Gasteiger partial charge is 0.429 e. The summed E-state index contributed by atoms with van der Waals surface area (Å²) in [6.07, 6.45) is 3.40. The van der Waals surface area contributed by atoms with Crippen LogP contribution in [0.2, 0.25) is 0 Å². The van der Waals surface area contributed by atoms with Gasteiger partial charge in [0.15, 0.2) is 5.88 Å². The van der Waals surface area contributed by atoms with E-state index >= 15 is 0 Å². The lowest BCUT2D eigenvalue weighted by atomic mass is 10.6. The lowest BCUT2D eigenvalue weighted by Gasteiger charge is -1.97. The van der Waals surface area contributed by atoms with Gasteiger partial charge in [0.25, 0.3) is 0 Å². The summed E-state index contributed by atoms with van der Waals surface area (Å²) in [7, 11) is -3.20. The quantitative estimate of drug-likeness (QED) is 0.869. The zero-order chi connectivity index (χ0) is 9.47. The van der Waals surface area contributed by atoms with Gasteiger partial charge in [-0.2, -0.15) is 0 Å². The van der Waals surface area contributed by atoms with Crippen molar-refractivity contribution in [1.29, 1.82) is 0 Å². The lowest BCUT2D eigenvalue weighted by molar-refractivity contribution is 0.462. The van der Waals surface area contributed by atoms with Crippen molar-refractivity contribution in [2.45, 2.75) is 24.0 Å². The molecule has 1 aromatic rings. The number of nitrogens with one attached hydrogen (secondary N) is 1. The van der Waals surface area contributed by atoms with E-state index in [0.29, 0.717) is 11.9 Å². The predicted molar refractivity (Wildman–Crippen MR) is 55.7 cm³/mol. The van der Waals surface area contributed by atoms with Crippen LogP contribution in [0.15, 0.2) is 21.6 Å². The Hall–Kier alpha value is -0.680. The maximum atomic E-state index is 11.0. The van der Waals surface area contributed by atoms with Crippen molar-refractivity contribution in [3.63, 3.8) is 0 Å². The maximum absolute atomic E-state index is 11.0. The van der Waals surface area contributed by atoms with Gasteiger partial charge < -0.3 is 9.73 Å². The summed E-state index contributed by atoms with van der Waals surface area (Å²) >= 11 is 0. The molecule has 0 radical (unpaired) electrons. The Morgan fingerprint density at radius 3 is 2.50 bits per heavy atom. The first kappa shape index (κ1) is 11.4. The third kappa shape index (κ3) is 2.65. The molecule has 0 aromatic carbocycles. The summed E-state index contributed by atoms with van der Waals surface area (Å²) in [6.45, 7) is 0. The fourth-order valence-corrected chi connectivity index (χ4v) is 1.58. The van der Waals surface area contributed by atoms with E-state index in [1.807, 2.05) is 0 Å². The van der Waals surface area contributed by atoms with Crippen molar-refractivity contribution in [2.75, 3.05) is 11.6 Å². The van der Waals surface area contributed by atoms with E-state index in [0.717, 1.165) is 19.1 Å². The van der Waals surface area contributed by atoms with E-state index in [2.05, 4.69) is 5.32 Å². The Labute approximate surface area is 89.0 Å². The molecular weight excluding hydrogens is 226 g/mol. The van der Waals surface area contributed by atoms with Crippen LogP contribution in [0.25, 0.3) is 0 Å². The fraction of sp³-hybridized carbons (Fsp3) is 0.500. The second kappa shape index (κ2) is 3.82. The zero-order valence-electron chi connectivity index (χ0n) is 7.69. The SMILES string of the molecule is CS(=O)(=O)c1ccc(NC2CC2)o1.Cl. The molecular formula is C8H12ClNO3S. The van der Waals surface area contributed by atoms with Crippen LogP contribution in [0.5, 0.6) is 0 Å². The second-order valence-electron chi connectivity index (χ2n) is 3.31. The number of anilines is 1. The van der Waals surface area contributed by atoms with Crippen LogP contribution >= 0.6 is 12.4 Å². The van der Waals surface area contributed by atoms with E-state index in [1.54, 1.807) is 6.07 Å².